The molecule has 1 aromatic carbocycles. The maximum absolute atomic E-state index is 15.0. The molecule has 34 heavy (non-hydrogen) atoms. The first-order valence-corrected chi connectivity index (χ1v) is 10.8. The Morgan fingerprint density at radius 2 is 1.97 bits per heavy atom. The van der Waals surface area contributed by atoms with E-state index in [2.05, 4.69) is 20.8 Å². The normalized spacial score (nSPS) is 18.7. The largest absolute Gasteiger partial charge is 0.444 e. The fourth-order valence-corrected chi connectivity index (χ4v) is 3.89. The second-order valence-electron chi connectivity index (χ2n) is 8.02. The highest BCUT2D eigenvalue weighted by Crippen LogP contribution is 2.31. The van der Waals surface area contributed by atoms with Crippen LogP contribution in [0.4, 0.5) is 25.0 Å². The zero-order valence-corrected chi connectivity index (χ0v) is 18.5. The molecule has 2 amide bonds. The van der Waals surface area contributed by atoms with Crippen LogP contribution < -0.4 is 15.2 Å². The van der Waals surface area contributed by atoms with Gasteiger partial charge >= 0.3 is 6.09 Å². The number of cyclic esters (lactones) is 1. The number of aromatic nitrogens is 4. The molecule has 0 aliphatic carbocycles. The Hall–Kier alpha value is -3.68. The number of nitrogens with zero attached hydrogens (tertiary/aromatic N) is 7. The Balaban J connectivity index is 1.42. The molecule has 12 nitrogen and oxygen atoms in total. The number of carbonyl (C=O) groups is 3. The summed E-state index contributed by atoms with van der Waals surface area (Å²) in [6.45, 7) is 2.30. The number of benzene rings is 1. The van der Waals surface area contributed by atoms with Crippen molar-refractivity contribution in [2.75, 3.05) is 42.5 Å². The van der Waals surface area contributed by atoms with Crippen molar-refractivity contribution in [3.63, 3.8) is 0 Å². The van der Waals surface area contributed by atoms with E-state index in [4.69, 9.17) is 4.74 Å². The third kappa shape index (κ3) is 5.27. The Kier molecular flexibility index (Phi) is 6.95. The number of tetrazole rings is 1. The SMILES string of the molecule is CC(=O)CC[C@H]1CN(c2cc(F)c(N3CCNN(C(=O)Cn4ncnn4)CC3)c(F)c2)C(=O)O1. The predicted octanol–water partition coefficient (Wildman–Crippen LogP) is 0.499. The summed E-state index contributed by atoms with van der Waals surface area (Å²) in [4.78, 5) is 39.6. The highest BCUT2D eigenvalue weighted by molar-refractivity contribution is 5.90. The van der Waals surface area contributed by atoms with Gasteiger partial charge in [-0.1, -0.05) is 0 Å². The van der Waals surface area contributed by atoms with E-state index in [1.54, 1.807) is 0 Å². The van der Waals surface area contributed by atoms with Gasteiger partial charge in [0.05, 0.1) is 18.8 Å². The van der Waals surface area contributed by atoms with Gasteiger partial charge < -0.3 is 14.4 Å². The molecule has 3 heterocycles. The Bertz CT molecular complexity index is 1040. The molecule has 2 aliphatic heterocycles. The Labute approximate surface area is 193 Å². The number of hydrogen-bond donors (Lipinski definition) is 1. The topological polar surface area (TPSA) is 126 Å². The summed E-state index contributed by atoms with van der Waals surface area (Å²) in [6.07, 6.45) is 0.591. The minimum absolute atomic E-state index is 0.0294. The third-order valence-electron chi connectivity index (χ3n) is 5.57. The van der Waals surface area contributed by atoms with Gasteiger partial charge in [0.2, 0.25) is 0 Å². The molecule has 4 rings (SSSR count). The molecule has 0 bridgehead atoms. The number of amides is 2. The van der Waals surface area contributed by atoms with Gasteiger partial charge in [0.25, 0.3) is 5.91 Å². The van der Waals surface area contributed by atoms with Gasteiger partial charge in [0.1, 0.15) is 24.1 Å². The molecule has 1 N–H and O–H groups in total. The number of rotatable bonds is 7. The van der Waals surface area contributed by atoms with Crippen LogP contribution in [0.2, 0.25) is 0 Å². The van der Waals surface area contributed by atoms with Crippen LogP contribution in [0.25, 0.3) is 0 Å². The number of ether oxygens (including phenoxy) is 1. The first-order chi connectivity index (χ1) is 16.3. The maximum Gasteiger partial charge on any atom is 0.414 e. The molecule has 2 aliphatic rings. The van der Waals surface area contributed by atoms with Crippen LogP contribution in [-0.4, -0.2) is 81.8 Å². The molecule has 0 saturated carbocycles. The van der Waals surface area contributed by atoms with Crippen LogP contribution in [0.5, 0.6) is 0 Å². The molecule has 0 unspecified atom stereocenters. The molecule has 2 aromatic rings. The summed E-state index contributed by atoms with van der Waals surface area (Å²) in [7, 11) is 0. The van der Waals surface area contributed by atoms with E-state index in [0.717, 1.165) is 21.8 Å². The van der Waals surface area contributed by atoms with E-state index >= 15 is 8.78 Å². The van der Waals surface area contributed by atoms with Crippen LogP contribution in [0, 0.1) is 11.6 Å². The van der Waals surface area contributed by atoms with Gasteiger partial charge in [0.15, 0.2) is 18.0 Å². The fraction of sp³-hybridized carbons (Fsp3) is 0.500. The van der Waals surface area contributed by atoms with Gasteiger partial charge in [-0.25, -0.2) is 19.0 Å². The van der Waals surface area contributed by atoms with E-state index in [-0.39, 0.29) is 68.8 Å². The van der Waals surface area contributed by atoms with Crippen molar-refractivity contribution in [1.82, 2.24) is 30.6 Å². The van der Waals surface area contributed by atoms with Crippen molar-refractivity contribution in [1.29, 1.82) is 0 Å². The molecule has 1 aromatic heterocycles. The van der Waals surface area contributed by atoms with Crippen molar-refractivity contribution in [2.45, 2.75) is 32.4 Å². The van der Waals surface area contributed by atoms with E-state index < -0.39 is 23.8 Å². The molecule has 14 heteroatoms. The molecule has 1 atom stereocenters. The van der Waals surface area contributed by atoms with E-state index in [1.807, 2.05) is 0 Å². The van der Waals surface area contributed by atoms with Crippen molar-refractivity contribution in [3.05, 3.63) is 30.1 Å². The zero-order chi connectivity index (χ0) is 24.2. The minimum Gasteiger partial charge on any atom is -0.444 e. The second-order valence-corrected chi connectivity index (χ2v) is 8.02. The van der Waals surface area contributed by atoms with Crippen molar-refractivity contribution < 1.29 is 27.9 Å². The smallest absolute Gasteiger partial charge is 0.414 e. The Morgan fingerprint density at radius 3 is 2.65 bits per heavy atom. The lowest BCUT2D eigenvalue weighted by atomic mass is 10.1. The average molecular weight is 478 g/mol. The quantitative estimate of drug-likeness (QED) is 0.605. The fourth-order valence-electron chi connectivity index (χ4n) is 3.89. The molecule has 2 fully saturated rings. The lowest BCUT2D eigenvalue weighted by Crippen LogP contribution is -2.45. The number of carbonyl (C=O) groups excluding carboxylic acids is 3. The molecule has 0 radical (unpaired) electrons. The average Bonchev–Trinajstić information content (AvgIpc) is 3.35. The number of hydrazine groups is 1. The summed E-state index contributed by atoms with van der Waals surface area (Å²) in [5.74, 6) is -2.01. The molecular weight excluding hydrogens is 454 g/mol. The number of anilines is 2. The summed E-state index contributed by atoms with van der Waals surface area (Å²) in [5, 5.41) is 12.3. The van der Waals surface area contributed by atoms with Gasteiger partial charge in [0, 0.05) is 38.2 Å². The number of hydrogen-bond acceptors (Lipinski definition) is 9. The van der Waals surface area contributed by atoms with Crippen LogP contribution in [0.15, 0.2) is 18.5 Å². The third-order valence-corrected chi connectivity index (χ3v) is 5.57. The first kappa shape index (κ1) is 23.5. The number of nitrogens with one attached hydrogen (secondary N) is 1. The van der Waals surface area contributed by atoms with Crippen molar-refractivity contribution in [3.8, 4) is 0 Å². The maximum atomic E-state index is 15.0. The van der Waals surface area contributed by atoms with Gasteiger partial charge in [-0.2, -0.15) is 4.80 Å². The van der Waals surface area contributed by atoms with Crippen LogP contribution in [-0.2, 0) is 20.9 Å². The van der Waals surface area contributed by atoms with E-state index in [0.29, 0.717) is 6.42 Å². The standard InChI is InChI=1S/C20H24F2N8O4/c1-13(31)2-3-15-10-28(20(33)34-15)14-8-16(21)19(17(22)9-14)27-5-4-24-29(7-6-27)18(32)11-30-25-12-23-26-30/h8-9,12,15,24H,2-7,10-11H2,1H3/t15-/m0/s1. The van der Waals surface area contributed by atoms with Crippen LogP contribution in [0.1, 0.15) is 19.8 Å². The van der Waals surface area contributed by atoms with Gasteiger partial charge in [-0.05, 0) is 18.6 Å². The number of halogens is 2. The van der Waals surface area contributed by atoms with Gasteiger partial charge in [-0.15, -0.1) is 10.2 Å². The number of ketones is 1. The minimum atomic E-state index is -0.832. The highest BCUT2D eigenvalue weighted by atomic mass is 19.1. The lowest BCUT2D eigenvalue weighted by Gasteiger charge is -2.25. The summed E-state index contributed by atoms with van der Waals surface area (Å²) in [5.41, 5.74) is 2.74. The predicted molar refractivity (Wildman–Crippen MR) is 114 cm³/mol. The van der Waals surface area contributed by atoms with Crippen molar-refractivity contribution >= 4 is 29.2 Å². The summed E-state index contributed by atoms with van der Waals surface area (Å²) < 4.78 is 35.3. The zero-order valence-electron chi connectivity index (χ0n) is 18.5. The first-order valence-electron chi connectivity index (χ1n) is 10.8. The Morgan fingerprint density at radius 1 is 1.21 bits per heavy atom. The van der Waals surface area contributed by atoms with Crippen LogP contribution in [0.3, 0.4) is 0 Å². The van der Waals surface area contributed by atoms with Crippen LogP contribution >= 0.6 is 0 Å². The molecule has 182 valence electrons. The van der Waals surface area contributed by atoms with E-state index in [9.17, 15) is 14.4 Å². The summed E-state index contributed by atoms with van der Waals surface area (Å²) >= 11 is 0. The van der Waals surface area contributed by atoms with Crippen molar-refractivity contribution in [2.24, 2.45) is 0 Å². The highest BCUT2D eigenvalue weighted by Gasteiger charge is 2.34. The molecular formula is C20H24F2N8O4. The van der Waals surface area contributed by atoms with E-state index in [1.165, 1.54) is 23.2 Å². The number of Topliss-reactive ketones (excluding diaryl/α,β-unsaturated/α-hetero) is 1. The second kappa shape index (κ2) is 10.1. The van der Waals surface area contributed by atoms with Gasteiger partial charge in [-0.3, -0.25) is 14.7 Å². The molecule has 2 saturated heterocycles. The summed E-state index contributed by atoms with van der Waals surface area (Å²) in [6, 6.07) is 2.18. The monoisotopic (exact) mass is 478 g/mol. The molecule has 0 spiro atoms. The lowest BCUT2D eigenvalue weighted by molar-refractivity contribution is -0.135.